The fraction of sp³-hybridized carbons (Fsp3) is 0.537. The van der Waals surface area contributed by atoms with Gasteiger partial charge in [-0.2, -0.15) is 11.8 Å². The number of ether oxygens (including phenoxy) is 2. The Labute approximate surface area is 318 Å². The minimum Gasteiger partial charge on any atom is -0.444 e. The van der Waals surface area contributed by atoms with E-state index in [4.69, 9.17) is 9.47 Å². The molecule has 6 rings (SSSR count). The van der Waals surface area contributed by atoms with E-state index in [-0.39, 0.29) is 23.5 Å². The average molecular weight is 747 g/mol. The van der Waals surface area contributed by atoms with E-state index in [0.29, 0.717) is 43.5 Å². The number of aromatic nitrogens is 1. The minimum absolute atomic E-state index is 0.0320. The standard InChI is InChI=1S/C41H55FN6O4S/c1-27-23-48(24-28(2)44-27)25-29-9-14-36(31(19-29)26-47-15-17-53-18-16-47)30-7-6-8-35(20-30)51-39-37(21-32(42)22-43-39)38(49)45-33-10-12-34(13-11-33)46-40(50)52-41(3,4)5/h6-9,14,19-22,27-28,33-34,44H,10-13,15-18,23-26H2,1-5H3,(H,45,49)(H,46,50)/t27-,28+,33?,34?. The zero-order valence-electron chi connectivity index (χ0n) is 31.8. The van der Waals surface area contributed by atoms with Crippen molar-refractivity contribution in [2.24, 2.45) is 0 Å². The molecule has 2 aliphatic heterocycles. The molecular formula is C41H55FN6O4S. The molecule has 2 amide bonds. The van der Waals surface area contributed by atoms with Crippen molar-refractivity contribution in [1.29, 1.82) is 0 Å². The number of carbonyl (C=O) groups excluding carboxylic acids is 2. The second-order valence-electron chi connectivity index (χ2n) is 15.8. The lowest BCUT2D eigenvalue weighted by Gasteiger charge is -2.36. The first-order valence-electron chi connectivity index (χ1n) is 19.0. The maximum Gasteiger partial charge on any atom is 0.407 e. The summed E-state index contributed by atoms with van der Waals surface area (Å²) in [5.74, 6) is 1.77. The minimum atomic E-state index is -0.618. The zero-order chi connectivity index (χ0) is 37.5. The first-order chi connectivity index (χ1) is 25.4. The van der Waals surface area contributed by atoms with Crippen molar-refractivity contribution in [2.75, 3.05) is 37.7 Å². The smallest absolute Gasteiger partial charge is 0.407 e. The highest BCUT2D eigenvalue weighted by Gasteiger charge is 2.28. The molecule has 1 saturated carbocycles. The lowest BCUT2D eigenvalue weighted by Crippen LogP contribution is -2.53. The quantitative estimate of drug-likeness (QED) is 0.203. The fourth-order valence-electron chi connectivity index (χ4n) is 7.61. The number of hydrogen-bond donors (Lipinski definition) is 3. The first-order valence-corrected chi connectivity index (χ1v) is 20.2. The Kier molecular flexibility index (Phi) is 13.0. The number of halogens is 1. The molecule has 10 nitrogen and oxygen atoms in total. The Bertz CT molecular complexity index is 1710. The van der Waals surface area contributed by atoms with Crippen LogP contribution in [-0.2, 0) is 17.8 Å². The summed E-state index contributed by atoms with van der Waals surface area (Å²) < 4.78 is 26.1. The second-order valence-corrected chi connectivity index (χ2v) is 17.1. The van der Waals surface area contributed by atoms with Gasteiger partial charge in [0.25, 0.3) is 5.91 Å². The molecule has 2 atom stereocenters. The number of alkyl carbamates (subject to hydrolysis) is 1. The predicted molar refractivity (Wildman–Crippen MR) is 209 cm³/mol. The Morgan fingerprint density at radius 1 is 0.925 bits per heavy atom. The van der Waals surface area contributed by atoms with Crippen LogP contribution in [-0.4, -0.2) is 94.2 Å². The number of piperazine rings is 1. The van der Waals surface area contributed by atoms with Crippen LogP contribution in [0.3, 0.4) is 0 Å². The zero-order valence-corrected chi connectivity index (χ0v) is 32.6. The second kappa shape index (κ2) is 17.6. The summed E-state index contributed by atoms with van der Waals surface area (Å²) in [6.45, 7) is 15.9. The van der Waals surface area contributed by atoms with Crippen LogP contribution in [0.15, 0.2) is 54.7 Å². The summed E-state index contributed by atoms with van der Waals surface area (Å²) in [5.41, 5.74) is 4.19. The molecular weight excluding hydrogens is 692 g/mol. The molecule has 2 saturated heterocycles. The number of pyridine rings is 1. The number of amides is 2. The van der Waals surface area contributed by atoms with Gasteiger partial charge in [0.2, 0.25) is 5.88 Å². The maximum absolute atomic E-state index is 14.5. The van der Waals surface area contributed by atoms with Crippen molar-refractivity contribution in [1.82, 2.24) is 30.7 Å². The number of nitrogens with zero attached hydrogens (tertiary/aromatic N) is 3. The van der Waals surface area contributed by atoms with E-state index < -0.39 is 23.4 Å². The number of thioether (sulfide) groups is 1. The van der Waals surface area contributed by atoms with Gasteiger partial charge in [0.05, 0.1) is 6.20 Å². The van der Waals surface area contributed by atoms with Crippen LogP contribution >= 0.6 is 11.8 Å². The highest BCUT2D eigenvalue weighted by Crippen LogP contribution is 2.32. The lowest BCUT2D eigenvalue weighted by atomic mass is 9.91. The van der Waals surface area contributed by atoms with Gasteiger partial charge in [-0.15, -0.1) is 0 Å². The summed E-state index contributed by atoms with van der Waals surface area (Å²) in [4.78, 5) is 35.0. The molecule has 1 aromatic heterocycles. The van der Waals surface area contributed by atoms with Crippen LogP contribution in [0, 0.1) is 5.82 Å². The van der Waals surface area contributed by atoms with Crippen molar-refractivity contribution >= 4 is 23.8 Å². The third-order valence-electron chi connectivity index (χ3n) is 9.91. The van der Waals surface area contributed by atoms with Gasteiger partial charge < -0.3 is 25.4 Å². The summed E-state index contributed by atoms with van der Waals surface area (Å²) in [5, 5.41) is 9.60. The topological polar surface area (TPSA) is 108 Å². The van der Waals surface area contributed by atoms with Gasteiger partial charge in [0.1, 0.15) is 22.7 Å². The lowest BCUT2D eigenvalue weighted by molar-refractivity contribution is 0.0487. The molecule has 3 aliphatic rings. The molecule has 0 unspecified atom stereocenters. The third kappa shape index (κ3) is 11.4. The van der Waals surface area contributed by atoms with E-state index in [2.05, 4.69) is 68.8 Å². The number of hydrogen-bond acceptors (Lipinski definition) is 9. The highest BCUT2D eigenvalue weighted by atomic mass is 32.2. The summed E-state index contributed by atoms with van der Waals surface area (Å²) in [6, 6.07) is 16.6. The van der Waals surface area contributed by atoms with E-state index in [1.165, 1.54) is 17.2 Å². The van der Waals surface area contributed by atoms with Gasteiger partial charge in [0.15, 0.2) is 0 Å². The van der Waals surface area contributed by atoms with Crippen LogP contribution in [0.4, 0.5) is 9.18 Å². The normalized spacial score (nSPS) is 22.9. The molecule has 0 radical (unpaired) electrons. The molecule has 3 aromatic rings. The molecule has 3 N–H and O–H groups in total. The molecule has 3 heterocycles. The molecule has 1 aliphatic carbocycles. The summed E-state index contributed by atoms with van der Waals surface area (Å²) >= 11 is 2.01. The van der Waals surface area contributed by atoms with E-state index in [1.54, 1.807) is 0 Å². The number of benzene rings is 2. The number of carbonyl (C=O) groups is 2. The van der Waals surface area contributed by atoms with Crippen LogP contribution in [0.25, 0.3) is 11.1 Å². The average Bonchev–Trinajstić information content (AvgIpc) is 3.09. The van der Waals surface area contributed by atoms with Gasteiger partial charge in [-0.05, 0) is 101 Å². The Hall–Kier alpha value is -3.71. The molecule has 3 fully saturated rings. The van der Waals surface area contributed by atoms with E-state index in [1.807, 2.05) is 50.7 Å². The van der Waals surface area contributed by atoms with Crippen molar-refractivity contribution in [3.63, 3.8) is 0 Å². The van der Waals surface area contributed by atoms with Crippen molar-refractivity contribution in [3.05, 3.63) is 77.2 Å². The SMILES string of the molecule is C[C@@H]1CN(Cc2ccc(-c3cccc(Oc4ncc(F)cc4C(=O)NC4CCC(NC(=O)OC(C)(C)C)CC4)c3)c(CN3CCSCC3)c2)C[C@H](C)N1. The Balaban J connectivity index is 1.15. The molecule has 2 aromatic carbocycles. The van der Waals surface area contributed by atoms with E-state index in [0.717, 1.165) is 68.1 Å². The first kappa shape index (κ1) is 39.0. The summed E-state index contributed by atoms with van der Waals surface area (Å²) in [6.07, 6.45) is 3.34. The van der Waals surface area contributed by atoms with Gasteiger partial charge in [-0.25, -0.2) is 14.2 Å². The van der Waals surface area contributed by atoms with Gasteiger partial charge >= 0.3 is 6.09 Å². The molecule has 0 bridgehead atoms. The van der Waals surface area contributed by atoms with E-state index >= 15 is 0 Å². The Morgan fingerprint density at radius 3 is 2.32 bits per heavy atom. The number of rotatable bonds is 10. The molecule has 286 valence electrons. The monoisotopic (exact) mass is 746 g/mol. The van der Waals surface area contributed by atoms with Gasteiger partial charge in [0, 0.05) is 74.9 Å². The van der Waals surface area contributed by atoms with Gasteiger partial charge in [-0.1, -0.05) is 30.3 Å². The fourth-order valence-corrected chi connectivity index (χ4v) is 8.59. The maximum atomic E-state index is 14.5. The molecule has 53 heavy (non-hydrogen) atoms. The van der Waals surface area contributed by atoms with Crippen LogP contribution in [0.2, 0.25) is 0 Å². The largest absolute Gasteiger partial charge is 0.444 e. The van der Waals surface area contributed by atoms with Crippen LogP contribution < -0.4 is 20.7 Å². The van der Waals surface area contributed by atoms with E-state index in [9.17, 15) is 14.0 Å². The van der Waals surface area contributed by atoms with Crippen LogP contribution in [0.1, 0.15) is 81.8 Å². The number of nitrogens with one attached hydrogen (secondary N) is 3. The summed E-state index contributed by atoms with van der Waals surface area (Å²) in [7, 11) is 0. The van der Waals surface area contributed by atoms with Crippen molar-refractivity contribution in [3.8, 4) is 22.8 Å². The van der Waals surface area contributed by atoms with Crippen molar-refractivity contribution < 1.29 is 23.5 Å². The molecule has 12 heteroatoms. The molecule has 0 spiro atoms. The third-order valence-corrected chi connectivity index (χ3v) is 10.9. The van der Waals surface area contributed by atoms with Crippen molar-refractivity contribution in [2.45, 2.75) is 103 Å². The Morgan fingerprint density at radius 2 is 1.62 bits per heavy atom. The highest BCUT2D eigenvalue weighted by molar-refractivity contribution is 7.99. The predicted octanol–water partition coefficient (Wildman–Crippen LogP) is 6.98. The van der Waals surface area contributed by atoms with Gasteiger partial charge in [-0.3, -0.25) is 14.6 Å². The van der Waals surface area contributed by atoms with Crippen LogP contribution in [0.5, 0.6) is 11.6 Å².